The number of nitrogens with zero attached hydrogens (tertiary/aromatic N) is 3. The van der Waals surface area contributed by atoms with E-state index in [1.54, 1.807) is 24.6 Å². The van der Waals surface area contributed by atoms with Gasteiger partial charge in [-0.15, -0.1) is 11.3 Å². The van der Waals surface area contributed by atoms with Crippen LogP contribution in [0.3, 0.4) is 0 Å². The van der Waals surface area contributed by atoms with Crippen molar-refractivity contribution >= 4 is 11.3 Å². The van der Waals surface area contributed by atoms with E-state index in [0.29, 0.717) is 0 Å². The first-order valence-corrected chi connectivity index (χ1v) is 7.64. The van der Waals surface area contributed by atoms with Gasteiger partial charge in [-0.05, 0) is 27.3 Å². The molecular weight excluding hydrogens is 272 g/mol. The molecule has 0 spiro atoms. The lowest BCUT2D eigenvalue weighted by Crippen LogP contribution is -2.22. The average molecular weight is 294 g/mol. The molecule has 2 aromatic rings. The normalized spacial score (nSPS) is 12.7. The van der Waals surface area contributed by atoms with Crippen molar-refractivity contribution in [1.29, 1.82) is 0 Å². The SMILES string of the molecule is CCCn1ncc(OC)c1C(NC)c1sc(C)nc1C. The summed E-state index contributed by atoms with van der Waals surface area (Å²) in [5, 5.41) is 8.90. The molecule has 110 valence electrons. The van der Waals surface area contributed by atoms with Crippen molar-refractivity contribution < 1.29 is 4.74 Å². The second-order valence-corrected chi connectivity index (χ2v) is 5.96. The van der Waals surface area contributed by atoms with Gasteiger partial charge in [-0.25, -0.2) is 4.98 Å². The molecule has 0 fully saturated rings. The van der Waals surface area contributed by atoms with Crippen molar-refractivity contribution in [1.82, 2.24) is 20.1 Å². The Morgan fingerprint density at radius 1 is 1.45 bits per heavy atom. The number of nitrogens with one attached hydrogen (secondary N) is 1. The van der Waals surface area contributed by atoms with Gasteiger partial charge in [0.2, 0.25) is 0 Å². The van der Waals surface area contributed by atoms with Gasteiger partial charge >= 0.3 is 0 Å². The van der Waals surface area contributed by atoms with E-state index < -0.39 is 0 Å². The maximum Gasteiger partial charge on any atom is 0.161 e. The van der Waals surface area contributed by atoms with E-state index in [4.69, 9.17) is 4.74 Å². The summed E-state index contributed by atoms with van der Waals surface area (Å²) in [6, 6.07) is 0.0604. The number of methoxy groups -OCH3 is 1. The predicted molar refractivity (Wildman–Crippen MR) is 81.6 cm³/mol. The van der Waals surface area contributed by atoms with E-state index in [9.17, 15) is 0 Å². The number of aryl methyl sites for hydroxylation is 3. The zero-order chi connectivity index (χ0) is 14.7. The number of aromatic nitrogens is 3. The lowest BCUT2D eigenvalue weighted by molar-refractivity contribution is 0.400. The van der Waals surface area contributed by atoms with Gasteiger partial charge in [-0.3, -0.25) is 4.68 Å². The summed E-state index contributed by atoms with van der Waals surface area (Å²) in [6.07, 6.45) is 2.83. The summed E-state index contributed by atoms with van der Waals surface area (Å²) in [7, 11) is 3.65. The number of hydrogen-bond donors (Lipinski definition) is 1. The first-order chi connectivity index (χ1) is 9.62. The Morgan fingerprint density at radius 3 is 2.70 bits per heavy atom. The van der Waals surface area contributed by atoms with Crippen molar-refractivity contribution in [3.63, 3.8) is 0 Å². The second kappa shape index (κ2) is 6.37. The Balaban J connectivity index is 2.50. The van der Waals surface area contributed by atoms with Crippen LogP contribution < -0.4 is 10.1 Å². The van der Waals surface area contributed by atoms with Crippen LogP contribution in [0, 0.1) is 13.8 Å². The van der Waals surface area contributed by atoms with Crippen LogP contribution in [0.2, 0.25) is 0 Å². The monoisotopic (exact) mass is 294 g/mol. The predicted octanol–water partition coefficient (Wildman–Crippen LogP) is 2.68. The quantitative estimate of drug-likeness (QED) is 0.890. The Hall–Kier alpha value is -1.40. The highest BCUT2D eigenvalue weighted by molar-refractivity contribution is 7.11. The van der Waals surface area contributed by atoms with Crippen LogP contribution in [0.1, 0.15) is 40.7 Å². The van der Waals surface area contributed by atoms with E-state index in [0.717, 1.165) is 35.1 Å². The molecule has 1 N–H and O–H groups in total. The summed E-state index contributed by atoms with van der Waals surface area (Å²) < 4.78 is 7.51. The molecule has 0 saturated heterocycles. The molecule has 2 rings (SSSR count). The first-order valence-electron chi connectivity index (χ1n) is 6.83. The van der Waals surface area contributed by atoms with Gasteiger partial charge in [0.1, 0.15) is 5.69 Å². The van der Waals surface area contributed by atoms with Gasteiger partial charge in [-0.2, -0.15) is 5.10 Å². The highest BCUT2D eigenvalue weighted by Crippen LogP contribution is 2.34. The molecule has 0 amide bonds. The van der Waals surface area contributed by atoms with Gasteiger partial charge < -0.3 is 10.1 Å². The van der Waals surface area contributed by atoms with Crippen LogP contribution in [0.4, 0.5) is 0 Å². The average Bonchev–Trinajstić information content (AvgIpc) is 2.96. The Morgan fingerprint density at radius 2 is 2.20 bits per heavy atom. The molecule has 0 aliphatic carbocycles. The van der Waals surface area contributed by atoms with E-state index in [-0.39, 0.29) is 6.04 Å². The molecule has 1 atom stereocenters. The highest BCUT2D eigenvalue weighted by atomic mass is 32.1. The summed E-state index contributed by atoms with van der Waals surface area (Å²) in [5.74, 6) is 0.822. The zero-order valence-electron chi connectivity index (χ0n) is 12.7. The lowest BCUT2D eigenvalue weighted by atomic mass is 10.1. The van der Waals surface area contributed by atoms with Crippen LogP contribution in [0.15, 0.2) is 6.20 Å². The highest BCUT2D eigenvalue weighted by Gasteiger charge is 2.25. The fourth-order valence-electron chi connectivity index (χ4n) is 2.42. The number of thiazole rings is 1. The smallest absolute Gasteiger partial charge is 0.161 e. The Labute approximate surface area is 124 Å². The van der Waals surface area contributed by atoms with Crippen LogP contribution in [-0.2, 0) is 6.54 Å². The van der Waals surface area contributed by atoms with E-state index in [1.807, 2.05) is 18.7 Å². The minimum Gasteiger partial charge on any atom is -0.493 e. The third kappa shape index (κ3) is 2.71. The fraction of sp³-hybridized carbons (Fsp3) is 0.571. The molecule has 6 heteroatoms. The number of rotatable bonds is 6. The standard InChI is InChI=1S/C14H22N4OS/c1-6-7-18-13(11(19-5)8-16-18)12(15-4)14-9(2)17-10(3)20-14/h8,12,15H,6-7H2,1-5H3. The largest absolute Gasteiger partial charge is 0.493 e. The van der Waals surface area contributed by atoms with E-state index in [1.165, 1.54) is 4.88 Å². The minimum atomic E-state index is 0.0604. The molecule has 0 radical (unpaired) electrons. The maximum absolute atomic E-state index is 5.48. The summed E-state index contributed by atoms with van der Waals surface area (Å²) in [4.78, 5) is 5.75. The molecule has 20 heavy (non-hydrogen) atoms. The summed E-state index contributed by atoms with van der Waals surface area (Å²) >= 11 is 1.72. The van der Waals surface area contributed by atoms with Gasteiger partial charge in [0.25, 0.3) is 0 Å². The van der Waals surface area contributed by atoms with Crippen molar-refractivity contribution in [3.05, 3.63) is 27.5 Å². The fourth-order valence-corrected chi connectivity index (χ4v) is 3.46. The van der Waals surface area contributed by atoms with Crippen LogP contribution >= 0.6 is 11.3 Å². The van der Waals surface area contributed by atoms with Crippen LogP contribution in [0.25, 0.3) is 0 Å². The van der Waals surface area contributed by atoms with Crippen molar-refractivity contribution in [2.45, 2.75) is 39.8 Å². The Kier molecular flexibility index (Phi) is 4.77. The van der Waals surface area contributed by atoms with Gasteiger partial charge in [-0.1, -0.05) is 6.92 Å². The molecule has 2 aromatic heterocycles. The Bertz CT molecular complexity index is 576. The first kappa shape index (κ1) is 15.0. The molecule has 0 bridgehead atoms. The van der Waals surface area contributed by atoms with Crippen molar-refractivity contribution in [3.8, 4) is 5.75 Å². The molecule has 0 aliphatic rings. The van der Waals surface area contributed by atoms with Crippen LogP contribution in [0.5, 0.6) is 5.75 Å². The molecule has 0 aromatic carbocycles. The van der Waals surface area contributed by atoms with Crippen LogP contribution in [-0.4, -0.2) is 28.9 Å². The van der Waals surface area contributed by atoms with E-state index >= 15 is 0 Å². The third-order valence-corrected chi connectivity index (χ3v) is 4.40. The molecule has 5 nitrogen and oxygen atoms in total. The number of ether oxygens (including phenoxy) is 1. The van der Waals surface area contributed by atoms with Gasteiger partial charge in [0.15, 0.2) is 5.75 Å². The summed E-state index contributed by atoms with van der Waals surface area (Å²) in [5.41, 5.74) is 2.14. The minimum absolute atomic E-state index is 0.0604. The molecule has 1 unspecified atom stereocenters. The molecule has 2 heterocycles. The number of hydrogen-bond acceptors (Lipinski definition) is 5. The van der Waals surface area contributed by atoms with Gasteiger partial charge in [0.05, 0.1) is 34.9 Å². The maximum atomic E-state index is 5.48. The second-order valence-electron chi connectivity index (χ2n) is 4.73. The topological polar surface area (TPSA) is 52.0 Å². The third-order valence-electron chi connectivity index (χ3n) is 3.26. The van der Waals surface area contributed by atoms with E-state index in [2.05, 4.69) is 29.2 Å². The molecular formula is C14H22N4OS. The van der Waals surface area contributed by atoms with Crippen molar-refractivity contribution in [2.24, 2.45) is 0 Å². The molecule has 0 aliphatic heterocycles. The lowest BCUT2D eigenvalue weighted by Gasteiger charge is -2.18. The zero-order valence-corrected chi connectivity index (χ0v) is 13.5. The molecule has 0 saturated carbocycles. The van der Waals surface area contributed by atoms with Crippen molar-refractivity contribution in [2.75, 3.05) is 14.2 Å². The van der Waals surface area contributed by atoms with Gasteiger partial charge in [0, 0.05) is 6.54 Å². The summed E-state index contributed by atoms with van der Waals surface area (Å²) in [6.45, 7) is 7.12.